The third-order valence-corrected chi connectivity index (χ3v) is 4.53. The van der Waals surface area contributed by atoms with E-state index in [1.54, 1.807) is 12.1 Å². The van der Waals surface area contributed by atoms with Gasteiger partial charge in [0, 0.05) is 13.1 Å². The van der Waals surface area contributed by atoms with Gasteiger partial charge >= 0.3 is 5.97 Å². The quantitative estimate of drug-likeness (QED) is 0.910. The maximum atomic E-state index is 10.8. The van der Waals surface area contributed by atoms with Gasteiger partial charge in [-0.1, -0.05) is 25.7 Å². The van der Waals surface area contributed by atoms with E-state index in [0.717, 1.165) is 25.4 Å². The molecule has 1 aromatic rings. The van der Waals surface area contributed by atoms with Crippen molar-refractivity contribution in [3.8, 4) is 0 Å². The number of nitrogens with zero attached hydrogens (tertiary/aromatic N) is 1. The van der Waals surface area contributed by atoms with Crippen molar-refractivity contribution in [3.05, 3.63) is 23.7 Å². The Morgan fingerprint density at radius 1 is 1.21 bits per heavy atom. The standard InChI is InChI=1S/C15H21NO3/c17-14(18)13-6-5-12(19-13)9-16-10-15(11-16)7-3-1-2-4-8-15/h5-6H,1-4,7-11H2,(H,17,18). The SMILES string of the molecule is O=C(O)c1ccc(CN2CC3(CCCCCC3)C2)o1. The van der Waals surface area contributed by atoms with Gasteiger partial charge in [0.25, 0.3) is 0 Å². The molecule has 19 heavy (non-hydrogen) atoms. The number of carbonyl (C=O) groups is 1. The van der Waals surface area contributed by atoms with Crippen molar-refractivity contribution in [2.75, 3.05) is 13.1 Å². The summed E-state index contributed by atoms with van der Waals surface area (Å²) in [6.45, 7) is 3.04. The van der Waals surface area contributed by atoms with E-state index in [1.165, 1.54) is 38.5 Å². The van der Waals surface area contributed by atoms with Gasteiger partial charge in [-0.15, -0.1) is 0 Å². The van der Waals surface area contributed by atoms with Crippen LogP contribution >= 0.6 is 0 Å². The number of likely N-dealkylation sites (tertiary alicyclic amines) is 1. The van der Waals surface area contributed by atoms with Gasteiger partial charge in [0.05, 0.1) is 6.54 Å². The number of hydrogen-bond donors (Lipinski definition) is 1. The van der Waals surface area contributed by atoms with Crippen LogP contribution < -0.4 is 0 Å². The van der Waals surface area contributed by atoms with Crippen LogP contribution in [-0.2, 0) is 6.54 Å². The highest BCUT2D eigenvalue weighted by atomic mass is 16.4. The van der Waals surface area contributed by atoms with E-state index in [-0.39, 0.29) is 5.76 Å². The first kappa shape index (κ1) is 12.7. The lowest BCUT2D eigenvalue weighted by Crippen LogP contribution is -2.55. The van der Waals surface area contributed by atoms with Gasteiger partial charge in [0.1, 0.15) is 5.76 Å². The Balaban J connectivity index is 1.54. The second-order valence-corrected chi connectivity index (χ2v) is 6.13. The number of aromatic carboxylic acids is 1. The molecule has 104 valence electrons. The zero-order valence-electron chi connectivity index (χ0n) is 11.2. The van der Waals surface area contributed by atoms with Crippen molar-refractivity contribution in [2.45, 2.75) is 45.1 Å². The highest BCUT2D eigenvalue weighted by molar-refractivity contribution is 5.84. The molecule has 0 aromatic carbocycles. The molecule has 1 saturated heterocycles. The van der Waals surface area contributed by atoms with E-state index in [9.17, 15) is 4.79 Å². The van der Waals surface area contributed by atoms with Gasteiger partial charge < -0.3 is 9.52 Å². The molecule has 1 aromatic heterocycles. The first-order valence-electron chi connectivity index (χ1n) is 7.21. The van der Waals surface area contributed by atoms with Crippen LogP contribution in [0, 0.1) is 5.41 Å². The lowest BCUT2D eigenvalue weighted by atomic mass is 9.73. The van der Waals surface area contributed by atoms with Crippen molar-refractivity contribution >= 4 is 5.97 Å². The summed E-state index contributed by atoms with van der Waals surface area (Å²) in [6.07, 6.45) is 8.25. The van der Waals surface area contributed by atoms with E-state index in [2.05, 4.69) is 4.90 Å². The lowest BCUT2D eigenvalue weighted by molar-refractivity contribution is -0.0216. The Morgan fingerprint density at radius 2 is 1.89 bits per heavy atom. The Morgan fingerprint density at radius 3 is 2.47 bits per heavy atom. The van der Waals surface area contributed by atoms with Gasteiger partial charge in [0.15, 0.2) is 0 Å². The fourth-order valence-corrected chi connectivity index (χ4v) is 3.61. The zero-order valence-corrected chi connectivity index (χ0v) is 11.2. The molecular weight excluding hydrogens is 242 g/mol. The minimum absolute atomic E-state index is 0.0414. The molecule has 1 spiro atoms. The summed E-state index contributed by atoms with van der Waals surface area (Å²) >= 11 is 0. The Labute approximate surface area is 113 Å². The summed E-state index contributed by atoms with van der Waals surface area (Å²) in [6, 6.07) is 3.32. The van der Waals surface area contributed by atoms with Gasteiger partial charge in [0.2, 0.25) is 5.76 Å². The smallest absolute Gasteiger partial charge is 0.371 e. The van der Waals surface area contributed by atoms with Crippen molar-refractivity contribution in [3.63, 3.8) is 0 Å². The van der Waals surface area contributed by atoms with Gasteiger partial charge in [-0.25, -0.2) is 4.79 Å². The molecular formula is C15H21NO3. The maximum absolute atomic E-state index is 10.8. The van der Waals surface area contributed by atoms with Crippen LogP contribution in [0.4, 0.5) is 0 Å². The van der Waals surface area contributed by atoms with Crippen molar-refractivity contribution < 1.29 is 14.3 Å². The number of hydrogen-bond acceptors (Lipinski definition) is 3. The number of carboxylic acid groups (broad SMARTS) is 1. The minimum atomic E-state index is -0.991. The fourth-order valence-electron chi connectivity index (χ4n) is 3.61. The summed E-state index contributed by atoms with van der Waals surface area (Å²) in [5, 5.41) is 8.83. The molecule has 4 heteroatoms. The van der Waals surface area contributed by atoms with E-state index in [0.29, 0.717) is 5.41 Å². The molecule has 2 heterocycles. The number of rotatable bonds is 3. The maximum Gasteiger partial charge on any atom is 0.371 e. The van der Waals surface area contributed by atoms with E-state index < -0.39 is 5.97 Å². The average Bonchev–Trinajstić information content (AvgIpc) is 2.66. The summed E-state index contributed by atoms with van der Waals surface area (Å²) in [4.78, 5) is 13.1. The lowest BCUT2D eigenvalue weighted by Gasteiger charge is -2.50. The van der Waals surface area contributed by atoms with E-state index in [1.807, 2.05) is 0 Å². The van der Waals surface area contributed by atoms with Gasteiger partial charge in [-0.3, -0.25) is 4.90 Å². The van der Waals surface area contributed by atoms with E-state index in [4.69, 9.17) is 9.52 Å². The molecule has 1 aliphatic heterocycles. The van der Waals surface area contributed by atoms with Crippen LogP contribution in [0.1, 0.15) is 54.8 Å². The highest BCUT2D eigenvalue weighted by Crippen LogP contribution is 2.43. The predicted octanol–water partition coefficient (Wildman–Crippen LogP) is 3.13. The third-order valence-electron chi connectivity index (χ3n) is 4.53. The van der Waals surface area contributed by atoms with Gasteiger partial charge in [-0.2, -0.15) is 0 Å². The van der Waals surface area contributed by atoms with E-state index >= 15 is 0 Å². The summed E-state index contributed by atoms with van der Waals surface area (Å²) in [5.74, 6) is -0.185. The predicted molar refractivity (Wildman–Crippen MR) is 71.1 cm³/mol. The number of carboxylic acids is 1. The van der Waals surface area contributed by atoms with Crippen LogP contribution in [0.5, 0.6) is 0 Å². The highest BCUT2D eigenvalue weighted by Gasteiger charge is 2.42. The molecule has 4 nitrogen and oxygen atoms in total. The molecule has 3 rings (SSSR count). The first-order chi connectivity index (χ1) is 9.17. The average molecular weight is 263 g/mol. The Hall–Kier alpha value is -1.29. The molecule has 2 fully saturated rings. The third kappa shape index (κ3) is 2.68. The Kier molecular flexibility index (Phi) is 3.35. The Bertz CT molecular complexity index is 450. The fraction of sp³-hybridized carbons (Fsp3) is 0.667. The molecule has 0 unspecified atom stereocenters. The zero-order chi connectivity index (χ0) is 13.3. The summed E-state index contributed by atoms with van der Waals surface area (Å²) in [7, 11) is 0. The van der Waals surface area contributed by atoms with Crippen molar-refractivity contribution in [1.29, 1.82) is 0 Å². The first-order valence-corrected chi connectivity index (χ1v) is 7.21. The molecule has 1 aliphatic carbocycles. The van der Waals surface area contributed by atoms with Gasteiger partial charge in [-0.05, 0) is 30.4 Å². The normalized spacial score (nSPS) is 22.9. The molecule has 1 N–H and O–H groups in total. The number of furan rings is 1. The topological polar surface area (TPSA) is 53.7 Å². The summed E-state index contributed by atoms with van der Waals surface area (Å²) < 4.78 is 5.31. The summed E-state index contributed by atoms with van der Waals surface area (Å²) in [5.41, 5.74) is 0.554. The largest absolute Gasteiger partial charge is 0.475 e. The molecule has 0 bridgehead atoms. The van der Waals surface area contributed by atoms with Crippen molar-refractivity contribution in [2.24, 2.45) is 5.41 Å². The molecule has 1 saturated carbocycles. The van der Waals surface area contributed by atoms with Crippen LogP contribution in [0.3, 0.4) is 0 Å². The second-order valence-electron chi connectivity index (χ2n) is 6.13. The van der Waals surface area contributed by atoms with Crippen molar-refractivity contribution in [1.82, 2.24) is 4.90 Å². The molecule has 0 radical (unpaired) electrons. The van der Waals surface area contributed by atoms with Crippen LogP contribution in [-0.4, -0.2) is 29.1 Å². The molecule has 2 aliphatic rings. The minimum Gasteiger partial charge on any atom is -0.475 e. The van der Waals surface area contributed by atoms with Crippen LogP contribution in [0.15, 0.2) is 16.5 Å². The monoisotopic (exact) mass is 263 g/mol. The molecule has 0 amide bonds. The van der Waals surface area contributed by atoms with Crippen LogP contribution in [0.2, 0.25) is 0 Å². The van der Waals surface area contributed by atoms with Crippen LogP contribution in [0.25, 0.3) is 0 Å². The molecule has 0 atom stereocenters. The second kappa shape index (κ2) is 5.00.